The van der Waals surface area contributed by atoms with E-state index in [1.165, 1.54) is 16.7 Å². The lowest BCUT2D eigenvalue weighted by atomic mass is 10.0. The van der Waals surface area contributed by atoms with Crippen LogP contribution in [0.15, 0.2) is 24.3 Å². The fraction of sp³-hybridized carbons (Fsp3) is 0.182. The van der Waals surface area contributed by atoms with Gasteiger partial charge in [0.1, 0.15) is 0 Å². The zero-order chi connectivity index (χ0) is 7.68. The molecule has 11 heavy (non-hydrogen) atoms. The van der Waals surface area contributed by atoms with Gasteiger partial charge in [0, 0.05) is 0 Å². The van der Waals surface area contributed by atoms with Crippen molar-refractivity contribution >= 4 is 6.08 Å². The van der Waals surface area contributed by atoms with Crippen molar-refractivity contribution in [2.75, 3.05) is 0 Å². The van der Waals surface area contributed by atoms with Crippen LogP contribution in [-0.2, 0) is 6.42 Å². The van der Waals surface area contributed by atoms with Crippen LogP contribution < -0.4 is 0 Å². The van der Waals surface area contributed by atoms with E-state index in [1.807, 2.05) is 0 Å². The molecule has 0 amide bonds. The number of benzene rings is 1. The Hall–Kier alpha value is -1.04. The van der Waals surface area contributed by atoms with Gasteiger partial charge in [-0.2, -0.15) is 0 Å². The molecule has 0 saturated heterocycles. The lowest BCUT2D eigenvalue weighted by Crippen LogP contribution is -1.86. The molecule has 0 heteroatoms. The summed E-state index contributed by atoms with van der Waals surface area (Å²) in [5.74, 6) is 0. The highest BCUT2D eigenvalue weighted by Gasteiger charge is 2.06. The van der Waals surface area contributed by atoms with E-state index in [4.69, 9.17) is 0 Å². The molecule has 0 bridgehead atoms. The van der Waals surface area contributed by atoms with Gasteiger partial charge in [-0.25, -0.2) is 0 Å². The first-order valence-corrected chi connectivity index (χ1v) is 3.99. The van der Waals surface area contributed by atoms with Crippen molar-refractivity contribution in [1.29, 1.82) is 0 Å². The molecule has 0 fully saturated rings. The van der Waals surface area contributed by atoms with Crippen molar-refractivity contribution in [3.63, 3.8) is 0 Å². The lowest BCUT2D eigenvalue weighted by molar-refractivity contribution is 1.28. The highest BCUT2D eigenvalue weighted by Crippen LogP contribution is 2.23. The summed E-state index contributed by atoms with van der Waals surface area (Å²) < 4.78 is 0. The average Bonchev–Trinajstić information content (AvgIpc) is 2.50. The van der Waals surface area contributed by atoms with Crippen LogP contribution in [0.4, 0.5) is 0 Å². The van der Waals surface area contributed by atoms with Crippen molar-refractivity contribution in [2.45, 2.75) is 13.3 Å². The van der Waals surface area contributed by atoms with E-state index >= 15 is 0 Å². The Morgan fingerprint density at radius 1 is 1.36 bits per heavy atom. The van der Waals surface area contributed by atoms with E-state index in [1.54, 1.807) is 0 Å². The molecule has 1 aliphatic carbocycles. The van der Waals surface area contributed by atoms with Gasteiger partial charge in [0.25, 0.3) is 0 Å². The van der Waals surface area contributed by atoms with Crippen LogP contribution in [-0.4, -0.2) is 0 Å². The molecule has 1 aliphatic rings. The molecule has 55 valence electrons. The zero-order valence-electron chi connectivity index (χ0n) is 6.67. The maximum absolute atomic E-state index is 2.22. The Morgan fingerprint density at radius 2 is 2.27 bits per heavy atom. The third-order valence-corrected chi connectivity index (χ3v) is 2.16. The predicted molar refractivity (Wildman–Crippen MR) is 48.3 cm³/mol. The highest BCUT2D eigenvalue weighted by molar-refractivity contribution is 5.64. The maximum atomic E-state index is 2.22. The number of allylic oxidation sites excluding steroid dienone is 1. The second-order valence-corrected chi connectivity index (χ2v) is 2.82. The molecule has 0 aliphatic heterocycles. The smallest absolute Gasteiger partial charge is 0.00881 e. The van der Waals surface area contributed by atoms with E-state index in [0.29, 0.717) is 0 Å². The number of rotatable bonds is 1. The van der Waals surface area contributed by atoms with Gasteiger partial charge in [0.2, 0.25) is 0 Å². The van der Waals surface area contributed by atoms with Gasteiger partial charge in [0.05, 0.1) is 0 Å². The van der Waals surface area contributed by atoms with Gasteiger partial charge in [-0.05, 0) is 29.5 Å². The fourth-order valence-corrected chi connectivity index (χ4v) is 1.57. The van der Waals surface area contributed by atoms with Crippen LogP contribution in [0.2, 0.25) is 0 Å². The zero-order valence-corrected chi connectivity index (χ0v) is 6.67. The molecule has 2 rings (SSSR count). The minimum Gasteiger partial charge on any atom is -0.0795 e. The molecule has 0 nitrogen and oxygen atoms in total. The van der Waals surface area contributed by atoms with Crippen molar-refractivity contribution < 1.29 is 0 Å². The Morgan fingerprint density at radius 3 is 3.09 bits per heavy atom. The van der Waals surface area contributed by atoms with Crippen LogP contribution in [0.3, 0.4) is 0 Å². The van der Waals surface area contributed by atoms with Crippen LogP contribution in [0.5, 0.6) is 0 Å². The number of hydrogen-bond donors (Lipinski definition) is 0. The van der Waals surface area contributed by atoms with Gasteiger partial charge in [0.15, 0.2) is 0 Å². The van der Waals surface area contributed by atoms with E-state index in [-0.39, 0.29) is 0 Å². The summed E-state index contributed by atoms with van der Waals surface area (Å²) in [5, 5.41) is 0. The molecular weight excluding hydrogens is 132 g/mol. The minimum absolute atomic E-state index is 1.11. The first kappa shape index (κ1) is 6.66. The van der Waals surface area contributed by atoms with E-state index in [2.05, 4.69) is 43.7 Å². The first-order valence-electron chi connectivity index (χ1n) is 3.99. The summed E-state index contributed by atoms with van der Waals surface area (Å²) in [5.41, 5.74) is 4.23. The van der Waals surface area contributed by atoms with Crippen LogP contribution in [0.25, 0.3) is 6.08 Å². The molecular formula is C11H11. The molecule has 0 aromatic heterocycles. The van der Waals surface area contributed by atoms with Gasteiger partial charge in [-0.3, -0.25) is 0 Å². The summed E-state index contributed by atoms with van der Waals surface area (Å²) in [6.45, 7) is 2.09. The number of fused-ring (bicyclic) bond motifs is 1. The lowest BCUT2D eigenvalue weighted by Gasteiger charge is -2.03. The van der Waals surface area contributed by atoms with Gasteiger partial charge >= 0.3 is 0 Å². The quantitative estimate of drug-likeness (QED) is 0.567. The normalized spacial score (nSPS) is 13.5. The van der Waals surface area contributed by atoms with Crippen molar-refractivity contribution in [1.82, 2.24) is 0 Å². The standard InChI is InChI=1S/C11H11/c1-2-9-5-3-6-10-7-4-8-11(9)10/h2-6,8H,7H2,1H3. The van der Waals surface area contributed by atoms with Crippen LogP contribution in [0, 0.1) is 6.42 Å². The van der Waals surface area contributed by atoms with Gasteiger partial charge in [-0.15, -0.1) is 0 Å². The molecule has 1 aromatic rings. The Labute approximate surface area is 67.6 Å². The predicted octanol–water partition coefficient (Wildman–Crippen LogP) is 2.83. The third-order valence-electron chi connectivity index (χ3n) is 2.16. The summed E-state index contributed by atoms with van der Waals surface area (Å²) in [4.78, 5) is 0. The molecule has 0 N–H and O–H groups in total. The molecule has 0 saturated carbocycles. The van der Waals surface area contributed by atoms with Gasteiger partial charge in [-0.1, -0.05) is 37.3 Å². The second-order valence-electron chi connectivity index (χ2n) is 2.82. The Balaban J connectivity index is 2.57. The summed E-state index contributed by atoms with van der Waals surface area (Å²) in [6.07, 6.45) is 7.70. The monoisotopic (exact) mass is 143 g/mol. The summed E-state index contributed by atoms with van der Waals surface area (Å²) >= 11 is 0. The SMILES string of the molecule is C[CH]c1cccc2c1C=CC2. The van der Waals surface area contributed by atoms with Crippen molar-refractivity contribution in [2.24, 2.45) is 0 Å². The van der Waals surface area contributed by atoms with E-state index < -0.39 is 0 Å². The topological polar surface area (TPSA) is 0 Å². The molecule has 0 spiro atoms. The van der Waals surface area contributed by atoms with Crippen molar-refractivity contribution in [3.8, 4) is 0 Å². The summed E-state index contributed by atoms with van der Waals surface area (Å²) in [6, 6.07) is 6.48. The molecule has 0 atom stereocenters. The minimum atomic E-state index is 1.11. The van der Waals surface area contributed by atoms with Gasteiger partial charge < -0.3 is 0 Å². The molecule has 0 heterocycles. The van der Waals surface area contributed by atoms with Crippen LogP contribution >= 0.6 is 0 Å². The molecule has 0 unspecified atom stereocenters. The van der Waals surface area contributed by atoms with Crippen molar-refractivity contribution in [3.05, 3.63) is 47.4 Å². The number of hydrogen-bond acceptors (Lipinski definition) is 0. The summed E-state index contributed by atoms with van der Waals surface area (Å²) in [7, 11) is 0. The largest absolute Gasteiger partial charge is 0.0795 e. The molecule has 1 radical (unpaired) electrons. The third kappa shape index (κ3) is 0.988. The van der Waals surface area contributed by atoms with Crippen LogP contribution in [0.1, 0.15) is 23.6 Å². The highest BCUT2D eigenvalue weighted by atomic mass is 14.1. The Kier molecular flexibility index (Phi) is 1.54. The van der Waals surface area contributed by atoms with E-state index in [0.717, 1.165) is 6.42 Å². The average molecular weight is 143 g/mol. The first-order chi connectivity index (χ1) is 5.42. The second kappa shape index (κ2) is 2.54. The molecule has 1 aromatic carbocycles. The van der Waals surface area contributed by atoms with E-state index in [9.17, 15) is 0 Å². The maximum Gasteiger partial charge on any atom is -0.00881 e. The fourth-order valence-electron chi connectivity index (χ4n) is 1.57. The Bertz CT molecular complexity index is 295.